The number of nitrogens with one attached hydrogen (secondary N) is 2. The Morgan fingerprint density at radius 1 is 1.17 bits per heavy atom. The highest BCUT2D eigenvalue weighted by Gasteiger charge is 2.07. The van der Waals surface area contributed by atoms with Gasteiger partial charge in [0, 0.05) is 11.6 Å². The zero-order chi connectivity index (χ0) is 17.5. The third kappa shape index (κ3) is 4.96. The van der Waals surface area contributed by atoms with Crippen LogP contribution in [0, 0.1) is 0 Å². The number of benzene rings is 2. The fourth-order valence-corrected chi connectivity index (χ4v) is 2.44. The van der Waals surface area contributed by atoms with Crippen LogP contribution in [0.15, 0.2) is 48.5 Å². The van der Waals surface area contributed by atoms with Crippen LogP contribution in [-0.4, -0.2) is 18.1 Å². The van der Waals surface area contributed by atoms with E-state index in [0.717, 1.165) is 5.56 Å². The van der Waals surface area contributed by atoms with Crippen molar-refractivity contribution in [2.45, 2.75) is 0 Å². The third-order valence-corrected chi connectivity index (χ3v) is 4.01. The molecular formula is C17H14Cl2N2O2S. The summed E-state index contributed by atoms with van der Waals surface area (Å²) in [6.07, 6.45) is 3.01. The second-order valence-electron chi connectivity index (χ2n) is 4.62. The molecule has 0 aromatic heterocycles. The first-order chi connectivity index (χ1) is 11.5. The van der Waals surface area contributed by atoms with Crippen molar-refractivity contribution in [3.05, 3.63) is 64.1 Å². The van der Waals surface area contributed by atoms with Crippen molar-refractivity contribution in [1.82, 2.24) is 5.32 Å². The molecule has 0 bridgehead atoms. The minimum absolute atomic E-state index is 0.119. The first-order valence-electron chi connectivity index (χ1n) is 6.88. The molecule has 0 spiro atoms. The Labute approximate surface area is 155 Å². The van der Waals surface area contributed by atoms with Crippen LogP contribution < -0.4 is 15.4 Å². The fourth-order valence-electron chi connectivity index (χ4n) is 1.88. The average molecular weight is 381 g/mol. The van der Waals surface area contributed by atoms with E-state index >= 15 is 0 Å². The number of carbonyl (C=O) groups is 1. The summed E-state index contributed by atoms with van der Waals surface area (Å²) < 4.78 is 5.21. The van der Waals surface area contributed by atoms with Gasteiger partial charge in [0.25, 0.3) is 0 Å². The number of thiocarbonyl (C=S) groups is 1. The molecule has 1 amide bonds. The van der Waals surface area contributed by atoms with Gasteiger partial charge in [0.15, 0.2) is 5.11 Å². The van der Waals surface area contributed by atoms with Gasteiger partial charge in [-0.25, -0.2) is 0 Å². The van der Waals surface area contributed by atoms with E-state index in [0.29, 0.717) is 21.5 Å². The second kappa shape index (κ2) is 8.68. The molecule has 0 aliphatic carbocycles. The van der Waals surface area contributed by atoms with E-state index in [-0.39, 0.29) is 11.0 Å². The quantitative estimate of drug-likeness (QED) is 0.604. The van der Waals surface area contributed by atoms with Gasteiger partial charge in [-0.05, 0) is 36.5 Å². The highest BCUT2D eigenvalue weighted by Crippen LogP contribution is 2.29. The van der Waals surface area contributed by atoms with Crippen LogP contribution in [0.25, 0.3) is 6.08 Å². The standard InChI is InChI=1S/C17H14Cl2N2O2S/c1-23-14-8-3-2-5-11(14)9-10-15(22)21-17(24)20-13-7-4-6-12(18)16(13)19/h2-10H,1H3,(H2,20,21,22,24). The lowest BCUT2D eigenvalue weighted by Crippen LogP contribution is -2.32. The smallest absolute Gasteiger partial charge is 0.250 e. The Bertz CT molecular complexity index is 794. The van der Waals surface area contributed by atoms with Gasteiger partial charge in [-0.2, -0.15) is 0 Å². The number of anilines is 1. The highest BCUT2D eigenvalue weighted by atomic mass is 35.5. The predicted molar refractivity (Wildman–Crippen MR) is 103 cm³/mol. The minimum Gasteiger partial charge on any atom is -0.496 e. The van der Waals surface area contributed by atoms with E-state index < -0.39 is 0 Å². The molecule has 0 atom stereocenters. The molecule has 24 heavy (non-hydrogen) atoms. The number of amides is 1. The first-order valence-corrected chi connectivity index (χ1v) is 8.04. The van der Waals surface area contributed by atoms with Crippen molar-refractivity contribution < 1.29 is 9.53 Å². The van der Waals surface area contributed by atoms with Gasteiger partial charge in [0.2, 0.25) is 5.91 Å². The molecule has 0 aliphatic rings. The molecule has 2 rings (SSSR count). The van der Waals surface area contributed by atoms with Gasteiger partial charge < -0.3 is 10.1 Å². The summed E-state index contributed by atoms with van der Waals surface area (Å²) in [6.45, 7) is 0. The molecule has 0 saturated heterocycles. The van der Waals surface area contributed by atoms with Crippen molar-refractivity contribution in [3.63, 3.8) is 0 Å². The van der Waals surface area contributed by atoms with Crippen molar-refractivity contribution >= 4 is 58.2 Å². The van der Waals surface area contributed by atoms with E-state index in [9.17, 15) is 4.79 Å². The Balaban J connectivity index is 1.98. The SMILES string of the molecule is COc1ccccc1C=CC(=O)NC(=S)Nc1cccc(Cl)c1Cl. The van der Waals surface area contributed by atoms with Crippen molar-refractivity contribution in [2.24, 2.45) is 0 Å². The Morgan fingerprint density at radius 3 is 2.67 bits per heavy atom. The summed E-state index contributed by atoms with van der Waals surface area (Å²) >= 11 is 17.1. The third-order valence-electron chi connectivity index (χ3n) is 2.99. The van der Waals surface area contributed by atoms with Gasteiger partial charge >= 0.3 is 0 Å². The molecule has 124 valence electrons. The lowest BCUT2D eigenvalue weighted by Gasteiger charge is -2.10. The van der Waals surface area contributed by atoms with Crippen molar-refractivity contribution in [1.29, 1.82) is 0 Å². The van der Waals surface area contributed by atoms with Crippen LogP contribution in [-0.2, 0) is 4.79 Å². The monoisotopic (exact) mass is 380 g/mol. The fraction of sp³-hybridized carbons (Fsp3) is 0.0588. The summed E-state index contributed by atoms with van der Waals surface area (Å²) in [5, 5.41) is 6.21. The number of ether oxygens (including phenoxy) is 1. The number of hydrogen-bond donors (Lipinski definition) is 2. The molecule has 2 aromatic carbocycles. The molecule has 2 N–H and O–H groups in total. The zero-order valence-electron chi connectivity index (χ0n) is 12.7. The zero-order valence-corrected chi connectivity index (χ0v) is 15.0. The van der Waals surface area contributed by atoms with Gasteiger partial charge in [-0.1, -0.05) is 47.5 Å². The van der Waals surface area contributed by atoms with Crippen molar-refractivity contribution in [3.8, 4) is 5.75 Å². The maximum Gasteiger partial charge on any atom is 0.250 e. The van der Waals surface area contributed by atoms with Crippen LogP contribution >= 0.6 is 35.4 Å². The van der Waals surface area contributed by atoms with Crippen LogP contribution in [0.3, 0.4) is 0 Å². The second-order valence-corrected chi connectivity index (χ2v) is 5.81. The molecule has 7 heteroatoms. The van der Waals surface area contributed by atoms with E-state index in [1.807, 2.05) is 24.3 Å². The number of rotatable bonds is 4. The van der Waals surface area contributed by atoms with Crippen molar-refractivity contribution in [2.75, 3.05) is 12.4 Å². The first kappa shape index (κ1) is 18.3. The molecular weight excluding hydrogens is 367 g/mol. The maximum atomic E-state index is 11.9. The topological polar surface area (TPSA) is 50.4 Å². The van der Waals surface area contributed by atoms with Crippen LogP contribution in [0.4, 0.5) is 5.69 Å². The Kier molecular flexibility index (Phi) is 6.61. The van der Waals surface area contributed by atoms with Gasteiger partial charge in [0.1, 0.15) is 5.75 Å². The number of hydrogen-bond acceptors (Lipinski definition) is 3. The number of carbonyl (C=O) groups excluding carboxylic acids is 1. The summed E-state index contributed by atoms with van der Waals surface area (Å²) in [4.78, 5) is 11.9. The molecule has 0 unspecified atom stereocenters. The molecule has 0 radical (unpaired) electrons. The molecule has 0 heterocycles. The Morgan fingerprint density at radius 2 is 1.92 bits per heavy atom. The molecule has 0 saturated carbocycles. The number of methoxy groups -OCH3 is 1. The minimum atomic E-state index is -0.378. The summed E-state index contributed by atoms with van der Waals surface area (Å²) in [5.74, 6) is 0.296. The van der Waals surface area contributed by atoms with Gasteiger partial charge in [0.05, 0.1) is 22.8 Å². The maximum absolute atomic E-state index is 11.9. The molecule has 4 nitrogen and oxygen atoms in total. The van der Waals surface area contributed by atoms with Crippen LogP contribution in [0.1, 0.15) is 5.56 Å². The average Bonchev–Trinajstić information content (AvgIpc) is 2.57. The van der Waals surface area contributed by atoms with E-state index in [1.165, 1.54) is 6.08 Å². The van der Waals surface area contributed by atoms with E-state index in [1.54, 1.807) is 31.4 Å². The molecule has 0 aliphatic heterocycles. The largest absolute Gasteiger partial charge is 0.496 e. The Hall–Kier alpha value is -2.08. The van der Waals surface area contributed by atoms with Crippen LogP contribution in [0.5, 0.6) is 5.75 Å². The highest BCUT2D eigenvalue weighted by molar-refractivity contribution is 7.80. The summed E-state index contributed by atoms with van der Waals surface area (Å²) in [6, 6.07) is 12.4. The molecule has 0 fully saturated rings. The number of para-hydroxylation sites is 1. The number of halogens is 2. The normalized spacial score (nSPS) is 10.5. The summed E-state index contributed by atoms with van der Waals surface area (Å²) in [5.41, 5.74) is 1.30. The molecule has 2 aromatic rings. The lowest BCUT2D eigenvalue weighted by atomic mass is 10.2. The van der Waals surface area contributed by atoms with E-state index in [2.05, 4.69) is 10.6 Å². The van der Waals surface area contributed by atoms with E-state index in [4.69, 9.17) is 40.2 Å². The van der Waals surface area contributed by atoms with Gasteiger partial charge in [-0.3, -0.25) is 10.1 Å². The predicted octanol–water partition coefficient (Wildman–Crippen LogP) is 4.53. The summed E-state index contributed by atoms with van der Waals surface area (Å²) in [7, 11) is 1.57. The lowest BCUT2D eigenvalue weighted by molar-refractivity contribution is -0.115. The van der Waals surface area contributed by atoms with Gasteiger partial charge in [-0.15, -0.1) is 0 Å². The van der Waals surface area contributed by atoms with Crippen LogP contribution in [0.2, 0.25) is 10.0 Å².